The standard InChI is InChI=1S/C25H29F4N3O7/c26-15-9-16(27)21(29)22(20(15)28)39-12-18(33)17(10-19(34)35)31-23(36)14-5-7-32(8-6-14)25(38)24(37)30-11-13-3-1-2-4-13/h9,13-14,17H,1-8,10-12H2,(H,30,37)(H,31,36)(H,34,35). The van der Waals surface area contributed by atoms with Crippen LogP contribution in [-0.4, -0.2) is 71.8 Å². The van der Waals surface area contributed by atoms with Gasteiger partial charge in [-0.2, -0.15) is 8.78 Å². The minimum atomic E-state index is -1.88. The Morgan fingerprint density at radius 2 is 1.56 bits per heavy atom. The van der Waals surface area contributed by atoms with Crippen molar-refractivity contribution in [3.8, 4) is 5.75 Å². The van der Waals surface area contributed by atoms with E-state index in [0.29, 0.717) is 12.5 Å². The number of likely N-dealkylation sites (tertiary alicyclic amines) is 1. The number of rotatable bonds is 10. The van der Waals surface area contributed by atoms with E-state index in [4.69, 9.17) is 5.11 Å². The number of hydrogen-bond donors (Lipinski definition) is 3. The fraction of sp³-hybridized carbons (Fsp3) is 0.560. The summed E-state index contributed by atoms with van der Waals surface area (Å²) in [6, 6.07) is -1.71. The van der Waals surface area contributed by atoms with Crippen LogP contribution < -0.4 is 15.4 Å². The smallest absolute Gasteiger partial charge is 0.311 e. The summed E-state index contributed by atoms with van der Waals surface area (Å²) in [5.74, 6) is -13.9. The molecule has 1 unspecified atom stereocenters. The van der Waals surface area contributed by atoms with E-state index in [9.17, 15) is 41.5 Å². The molecule has 1 saturated carbocycles. The zero-order valence-corrected chi connectivity index (χ0v) is 20.9. The van der Waals surface area contributed by atoms with E-state index in [1.807, 2.05) is 0 Å². The molecule has 1 aromatic rings. The van der Waals surface area contributed by atoms with Crippen molar-refractivity contribution < 1.29 is 51.4 Å². The molecule has 3 N–H and O–H groups in total. The van der Waals surface area contributed by atoms with Crippen molar-refractivity contribution in [1.82, 2.24) is 15.5 Å². The van der Waals surface area contributed by atoms with Crippen LogP contribution in [0.1, 0.15) is 44.9 Å². The normalized spacial score (nSPS) is 17.0. The first-order chi connectivity index (χ1) is 18.5. The minimum Gasteiger partial charge on any atom is -0.481 e. The largest absolute Gasteiger partial charge is 0.481 e. The van der Waals surface area contributed by atoms with Crippen molar-refractivity contribution in [2.24, 2.45) is 11.8 Å². The number of hydrogen-bond acceptors (Lipinski definition) is 6. The Bertz CT molecular complexity index is 1090. The van der Waals surface area contributed by atoms with Crippen molar-refractivity contribution in [1.29, 1.82) is 0 Å². The summed E-state index contributed by atoms with van der Waals surface area (Å²) in [6.45, 7) is -0.590. The molecule has 1 saturated heterocycles. The minimum absolute atomic E-state index is 0.0471. The Kier molecular flexibility index (Phi) is 10.2. The Labute approximate surface area is 221 Å². The van der Waals surface area contributed by atoms with Gasteiger partial charge in [0.2, 0.25) is 17.5 Å². The second kappa shape index (κ2) is 13.4. The molecule has 0 radical (unpaired) electrons. The van der Waals surface area contributed by atoms with Crippen LogP contribution >= 0.6 is 0 Å². The number of ether oxygens (including phenoxy) is 1. The number of aliphatic carboxylic acids is 1. The molecule has 14 heteroatoms. The molecule has 1 heterocycles. The lowest BCUT2D eigenvalue weighted by atomic mass is 9.95. The van der Waals surface area contributed by atoms with Crippen LogP contribution in [0.25, 0.3) is 0 Å². The molecule has 2 aliphatic rings. The van der Waals surface area contributed by atoms with Crippen LogP contribution in [0, 0.1) is 35.1 Å². The highest BCUT2D eigenvalue weighted by molar-refractivity contribution is 6.35. The van der Waals surface area contributed by atoms with Crippen LogP contribution in [0.4, 0.5) is 17.6 Å². The third kappa shape index (κ3) is 7.90. The zero-order valence-electron chi connectivity index (χ0n) is 20.9. The molecular weight excluding hydrogens is 530 g/mol. The molecule has 10 nitrogen and oxygen atoms in total. The number of carbonyl (C=O) groups excluding carboxylic acids is 4. The van der Waals surface area contributed by atoms with Gasteiger partial charge >= 0.3 is 17.8 Å². The molecule has 39 heavy (non-hydrogen) atoms. The first-order valence-electron chi connectivity index (χ1n) is 12.6. The molecule has 0 spiro atoms. The van der Waals surface area contributed by atoms with Crippen LogP contribution in [0.3, 0.4) is 0 Å². The predicted octanol–water partition coefficient (Wildman–Crippen LogP) is 1.70. The Morgan fingerprint density at radius 1 is 0.974 bits per heavy atom. The van der Waals surface area contributed by atoms with Crippen LogP contribution in [0.15, 0.2) is 6.07 Å². The number of ketones is 1. The van der Waals surface area contributed by atoms with Crippen molar-refractivity contribution in [3.63, 3.8) is 0 Å². The lowest BCUT2D eigenvalue weighted by molar-refractivity contribution is -0.147. The predicted molar refractivity (Wildman–Crippen MR) is 125 cm³/mol. The van der Waals surface area contributed by atoms with Crippen LogP contribution in [0.5, 0.6) is 5.75 Å². The van der Waals surface area contributed by atoms with Gasteiger partial charge in [-0.15, -0.1) is 0 Å². The molecule has 0 aromatic heterocycles. The summed E-state index contributed by atoms with van der Waals surface area (Å²) in [7, 11) is 0. The summed E-state index contributed by atoms with van der Waals surface area (Å²) < 4.78 is 58.8. The first kappa shape index (κ1) is 29.8. The molecule has 1 aliphatic heterocycles. The lowest BCUT2D eigenvalue weighted by Gasteiger charge is -2.31. The topological polar surface area (TPSA) is 142 Å². The maximum absolute atomic E-state index is 13.8. The summed E-state index contributed by atoms with van der Waals surface area (Å²) in [4.78, 5) is 62.4. The van der Waals surface area contributed by atoms with Crippen molar-refractivity contribution >= 4 is 29.5 Å². The number of carbonyl (C=O) groups is 5. The SMILES string of the molecule is O=C(O)CC(NC(=O)C1CCN(C(=O)C(=O)NCC2CCCC2)CC1)C(=O)COc1c(F)c(F)cc(F)c1F. The van der Waals surface area contributed by atoms with Gasteiger partial charge in [-0.3, -0.25) is 24.0 Å². The first-order valence-corrected chi connectivity index (χ1v) is 12.6. The van der Waals surface area contributed by atoms with Crippen LogP contribution in [-0.2, 0) is 24.0 Å². The highest BCUT2D eigenvalue weighted by Gasteiger charge is 2.33. The quantitative estimate of drug-likeness (QED) is 0.225. The average Bonchev–Trinajstić information content (AvgIpc) is 3.43. The molecule has 3 amide bonds. The molecule has 1 atom stereocenters. The summed E-state index contributed by atoms with van der Waals surface area (Å²) in [5, 5.41) is 14.0. The number of halogens is 4. The number of Topliss-reactive ketones (excluding diaryl/α,β-unsaturated/α-hetero) is 1. The molecule has 0 bridgehead atoms. The van der Waals surface area contributed by atoms with Gasteiger partial charge in [0.05, 0.1) is 6.42 Å². The monoisotopic (exact) mass is 559 g/mol. The number of amides is 3. The van der Waals surface area contributed by atoms with Gasteiger partial charge < -0.3 is 25.4 Å². The molecule has 214 valence electrons. The highest BCUT2D eigenvalue weighted by Crippen LogP contribution is 2.27. The van der Waals surface area contributed by atoms with Gasteiger partial charge in [-0.25, -0.2) is 8.78 Å². The highest BCUT2D eigenvalue weighted by atomic mass is 19.2. The van der Waals surface area contributed by atoms with E-state index >= 15 is 0 Å². The molecule has 1 aromatic carbocycles. The third-order valence-corrected chi connectivity index (χ3v) is 6.89. The fourth-order valence-electron chi connectivity index (χ4n) is 4.65. The second-order valence-electron chi connectivity index (χ2n) is 9.64. The van der Waals surface area contributed by atoms with E-state index in [0.717, 1.165) is 25.7 Å². The second-order valence-corrected chi connectivity index (χ2v) is 9.64. The maximum Gasteiger partial charge on any atom is 0.311 e. The van der Waals surface area contributed by atoms with E-state index < -0.39 is 83.5 Å². The summed E-state index contributed by atoms with van der Waals surface area (Å²) >= 11 is 0. The fourth-order valence-corrected chi connectivity index (χ4v) is 4.65. The van der Waals surface area contributed by atoms with Crippen molar-refractivity contribution in [3.05, 3.63) is 29.3 Å². The van der Waals surface area contributed by atoms with Crippen molar-refractivity contribution in [2.45, 2.75) is 51.0 Å². The van der Waals surface area contributed by atoms with Crippen molar-refractivity contribution in [2.75, 3.05) is 26.2 Å². The van der Waals surface area contributed by atoms with Gasteiger partial charge in [-0.1, -0.05) is 12.8 Å². The Hall–Kier alpha value is -3.71. The molecule has 2 fully saturated rings. The molecule has 1 aliphatic carbocycles. The van der Waals surface area contributed by atoms with E-state index in [-0.39, 0.29) is 32.0 Å². The number of benzene rings is 1. The molecule has 3 rings (SSSR count). The maximum atomic E-state index is 13.8. The summed E-state index contributed by atoms with van der Waals surface area (Å²) in [5.41, 5.74) is 0. The van der Waals surface area contributed by atoms with Gasteiger partial charge in [-0.05, 0) is 31.6 Å². The number of piperidine rings is 1. The van der Waals surface area contributed by atoms with Gasteiger partial charge in [0.25, 0.3) is 0 Å². The summed E-state index contributed by atoms with van der Waals surface area (Å²) in [6.07, 6.45) is 3.58. The number of nitrogens with zero attached hydrogens (tertiary/aromatic N) is 1. The molecular formula is C25H29F4N3O7. The third-order valence-electron chi connectivity index (χ3n) is 6.89. The van der Waals surface area contributed by atoms with Gasteiger partial charge in [0.1, 0.15) is 12.6 Å². The average molecular weight is 560 g/mol. The number of carboxylic acid groups (broad SMARTS) is 1. The Balaban J connectivity index is 1.52. The van der Waals surface area contributed by atoms with E-state index in [1.54, 1.807) is 0 Å². The van der Waals surface area contributed by atoms with Gasteiger partial charge in [0, 0.05) is 31.6 Å². The Morgan fingerprint density at radius 3 is 2.13 bits per heavy atom. The number of carboxylic acids is 1. The van der Waals surface area contributed by atoms with Crippen LogP contribution in [0.2, 0.25) is 0 Å². The van der Waals surface area contributed by atoms with E-state index in [1.165, 1.54) is 4.90 Å². The zero-order chi connectivity index (χ0) is 28.7. The van der Waals surface area contributed by atoms with Gasteiger partial charge in [0.15, 0.2) is 23.2 Å². The van der Waals surface area contributed by atoms with E-state index in [2.05, 4.69) is 15.4 Å². The number of nitrogens with one attached hydrogen (secondary N) is 2. The lowest BCUT2D eigenvalue weighted by Crippen LogP contribution is -2.51.